The van der Waals surface area contributed by atoms with Gasteiger partial charge in [0.2, 0.25) is 0 Å². The predicted octanol–water partition coefficient (Wildman–Crippen LogP) is 4.91. The molecule has 0 aromatic rings. The Kier molecular flexibility index (Phi) is 4.61. The van der Waals surface area contributed by atoms with Crippen LogP contribution in [0.1, 0.15) is 66.2 Å². The summed E-state index contributed by atoms with van der Waals surface area (Å²) in [6.07, 6.45) is 8.96. The van der Waals surface area contributed by atoms with Gasteiger partial charge in [-0.25, -0.2) is 0 Å². The maximum Gasteiger partial charge on any atom is 0.128 e. The van der Waals surface area contributed by atoms with Gasteiger partial charge in [-0.15, -0.1) is 0 Å². The first-order valence-corrected chi connectivity index (χ1v) is 8.06. The summed E-state index contributed by atoms with van der Waals surface area (Å²) in [5, 5.41) is 0. The van der Waals surface area contributed by atoms with Crippen molar-refractivity contribution in [2.24, 2.45) is 23.7 Å². The van der Waals surface area contributed by atoms with Gasteiger partial charge in [0.15, 0.2) is 0 Å². The van der Waals surface area contributed by atoms with Crippen molar-refractivity contribution in [3.8, 4) is 0 Å². The van der Waals surface area contributed by atoms with E-state index in [1.54, 1.807) is 0 Å². The highest BCUT2D eigenvalue weighted by molar-refractivity contribution is 6.40. The first kappa shape index (κ1) is 13.5. The third-order valence-corrected chi connectivity index (χ3v) is 5.85. The molecule has 2 fully saturated rings. The lowest BCUT2D eigenvalue weighted by molar-refractivity contribution is 0.282. The van der Waals surface area contributed by atoms with Crippen molar-refractivity contribution in [3.05, 3.63) is 0 Å². The average Bonchev–Trinajstić information content (AvgIpc) is 2.28. The third kappa shape index (κ3) is 3.52. The Morgan fingerprint density at radius 2 is 1.06 bits per heavy atom. The second kappa shape index (κ2) is 5.80. The monoisotopic (exact) mass is 234 g/mol. The standard InChI is InChI=1S/C16H31B/c1-11-5-7-13(3)15(9-11)17-16-10-12(2)6-8-14(16)4/h11-17H,5-10H2,1-4H3. The van der Waals surface area contributed by atoms with E-state index in [-0.39, 0.29) is 0 Å². The van der Waals surface area contributed by atoms with Crippen LogP contribution in [0.2, 0.25) is 11.6 Å². The van der Waals surface area contributed by atoms with Crippen molar-refractivity contribution < 1.29 is 0 Å². The number of rotatable bonds is 2. The molecular formula is C16H31B. The molecule has 0 bridgehead atoms. The van der Waals surface area contributed by atoms with Crippen LogP contribution in [-0.2, 0) is 0 Å². The van der Waals surface area contributed by atoms with Gasteiger partial charge in [0, 0.05) is 0 Å². The van der Waals surface area contributed by atoms with Crippen LogP contribution in [0.15, 0.2) is 0 Å². The van der Waals surface area contributed by atoms with E-state index in [4.69, 9.17) is 0 Å². The van der Waals surface area contributed by atoms with Gasteiger partial charge in [-0.1, -0.05) is 77.9 Å². The summed E-state index contributed by atoms with van der Waals surface area (Å²) in [7, 11) is 1.54. The molecule has 0 aromatic heterocycles. The zero-order valence-corrected chi connectivity index (χ0v) is 12.4. The Hall–Kier alpha value is 0.0649. The smallest absolute Gasteiger partial charge is 0.0629 e. The van der Waals surface area contributed by atoms with E-state index in [2.05, 4.69) is 27.7 Å². The van der Waals surface area contributed by atoms with Crippen molar-refractivity contribution >= 4 is 7.28 Å². The largest absolute Gasteiger partial charge is 0.128 e. The first-order chi connectivity index (χ1) is 8.06. The van der Waals surface area contributed by atoms with Crippen LogP contribution in [0.25, 0.3) is 0 Å². The fourth-order valence-electron chi connectivity index (χ4n) is 4.35. The number of hydrogen-bond acceptors (Lipinski definition) is 0. The lowest BCUT2D eigenvalue weighted by Gasteiger charge is -2.39. The second-order valence-corrected chi connectivity index (χ2v) is 7.55. The Morgan fingerprint density at radius 3 is 1.47 bits per heavy atom. The molecule has 0 nitrogen and oxygen atoms in total. The quantitative estimate of drug-likeness (QED) is 0.595. The molecule has 0 amide bonds. The molecule has 1 heteroatoms. The van der Waals surface area contributed by atoms with E-state index in [1.165, 1.54) is 45.8 Å². The molecular weight excluding hydrogens is 203 g/mol. The van der Waals surface area contributed by atoms with Crippen LogP contribution in [0, 0.1) is 23.7 Å². The Labute approximate surface area is 109 Å². The van der Waals surface area contributed by atoms with Crippen molar-refractivity contribution in [1.29, 1.82) is 0 Å². The summed E-state index contributed by atoms with van der Waals surface area (Å²) >= 11 is 0. The summed E-state index contributed by atoms with van der Waals surface area (Å²) in [6, 6.07) is 0. The number of hydrogen-bond donors (Lipinski definition) is 0. The van der Waals surface area contributed by atoms with Crippen molar-refractivity contribution in [1.82, 2.24) is 0 Å². The Bertz CT molecular complexity index is 214. The average molecular weight is 234 g/mol. The third-order valence-electron chi connectivity index (χ3n) is 5.85. The zero-order chi connectivity index (χ0) is 12.4. The highest BCUT2D eigenvalue weighted by Crippen LogP contribution is 2.44. The van der Waals surface area contributed by atoms with Crippen LogP contribution >= 0.6 is 0 Å². The predicted molar refractivity (Wildman–Crippen MR) is 79.0 cm³/mol. The molecule has 0 aliphatic heterocycles. The van der Waals surface area contributed by atoms with Gasteiger partial charge in [-0.05, 0) is 23.7 Å². The van der Waals surface area contributed by atoms with Gasteiger partial charge >= 0.3 is 0 Å². The first-order valence-electron chi connectivity index (χ1n) is 8.06. The normalized spacial score (nSPS) is 47.8. The second-order valence-electron chi connectivity index (χ2n) is 7.55. The molecule has 6 atom stereocenters. The molecule has 98 valence electrons. The molecule has 0 spiro atoms. The van der Waals surface area contributed by atoms with Gasteiger partial charge in [-0.2, -0.15) is 0 Å². The van der Waals surface area contributed by atoms with Gasteiger partial charge in [-0.3, -0.25) is 0 Å². The summed E-state index contributed by atoms with van der Waals surface area (Å²) in [5.41, 5.74) is 0. The highest BCUT2D eigenvalue weighted by atomic mass is 14.3. The SMILES string of the molecule is CC1CCC(C)C(BC2CC(C)CCC2C)C1. The molecule has 2 rings (SSSR count). The van der Waals surface area contributed by atoms with Gasteiger partial charge < -0.3 is 0 Å². The Morgan fingerprint density at radius 1 is 0.647 bits per heavy atom. The summed E-state index contributed by atoms with van der Waals surface area (Å²) in [6.45, 7) is 9.94. The Balaban J connectivity index is 1.89. The topological polar surface area (TPSA) is 0 Å². The maximum absolute atomic E-state index is 2.51. The summed E-state index contributed by atoms with van der Waals surface area (Å²) < 4.78 is 0. The van der Waals surface area contributed by atoms with Crippen molar-refractivity contribution in [2.75, 3.05) is 0 Å². The maximum atomic E-state index is 2.51. The molecule has 0 saturated heterocycles. The van der Waals surface area contributed by atoms with E-state index >= 15 is 0 Å². The van der Waals surface area contributed by atoms with Crippen LogP contribution in [0.5, 0.6) is 0 Å². The molecule has 0 N–H and O–H groups in total. The summed E-state index contributed by atoms with van der Waals surface area (Å²) in [5.74, 6) is 6.05. The van der Waals surface area contributed by atoms with Gasteiger partial charge in [0.1, 0.15) is 7.28 Å². The van der Waals surface area contributed by atoms with E-state index in [1.807, 2.05) is 0 Å². The molecule has 0 aromatic carbocycles. The highest BCUT2D eigenvalue weighted by Gasteiger charge is 2.33. The molecule has 0 heterocycles. The molecule has 2 saturated carbocycles. The molecule has 6 unspecified atom stereocenters. The fraction of sp³-hybridized carbons (Fsp3) is 1.00. The molecule has 2 aliphatic carbocycles. The zero-order valence-electron chi connectivity index (χ0n) is 12.4. The molecule has 2 aliphatic rings. The van der Waals surface area contributed by atoms with Crippen LogP contribution in [0.3, 0.4) is 0 Å². The summed E-state index contributed by atoms with van der Waals surface area (Å²) in [4.78, 5) is 0. The van der Waals surface area contributed by atoms with Crippen molar-refractivity contribution in [3.63, 3.8) is 0 Å². The minimum absolute atomic E-state index is 0.993. The van der Waals surface area contributed by atoms with Gasteiger partial charge in [0.05, 0.1) is 0 Å². The lowest BCUT2D eigenvalue weighted by Crippen LogP contribution is -2.29. The molecule has 0 radical (unpaired) electrons. The fourth-order valence-corrected chi connectivity index (χ4v) is 4.35. The van der Waals surface area contributed by atoms with E-state index in [0.29, 0.717) is 0 Å². The van der Waals surface area contributed by atoms with Crippen LogP contribution in [-0.4, -0.2) is 7.28 Å². The van der Waals surface area contributed by atoms with E-state index in [0.717, 1.165) is 35.3 Å². The molecule has 17 heavy (non-hydrogen) atoms. The van der Waals surface area contributed by atoms with Crippen LogP contribution < -0.4 is 0 Å². The van der Waals surface area contributed by atoms with Crippen LogP contribution in [0.4, 0.5) is 0 Å². The minimum Gasteiger partial charge on any atom is -0.0629 e. The lowest BCUT2D eigenvalue weighted by atomic mass is 9.43. The van der Waals surface area contributed by atoms with E-state index in [9.17, 15) is 0 Å². The van der Waals surface area contributed by atoms with Crippen molar-refractivity contribution in [2.45, 2.75) is 77.9 Å². The van der Waals surface area contributed by atoms with Gasteiger partial charge in [0.25, 0.3) is 0 Å². The minimum atomic E-state index is 0.993. The van der Waals surface area contributed by atoms with E-state index < -0.39 is 0 Å².